The van der Waals surface area contributed by atoms with E-state index in [2.05, 4.69) is 4.98 Å². The Balaban J connectivity index is 2.58. The standard InChI is InChI=1S/C11H9F2NOS/c1-6-9(5-15)14-11(16-6)10-7(12)3-2-4-8(10)13/h2-4,15H,5H2,1H3. The van der Waals surface area contributed by atoms with Gasteiger partial charge in [-0.05, 0) is 19.1 Å². The molecule has 0 bridgehead atoms. The van der Waals surface area contributed by atoms with Gasteiger partial charge in [-0.25, -0.2) is 13.8 Å². The second-order valence-corrected chi connectivity index (χ2v) is 4.48. The van der Waals surface area contributed by atoms with E-state index < -0.39 is 11.6 Å². The molecule has 16 heavy (non-hydrogen) atoms. The van der Waals surface area contributed by atoms with Crippen molar-refractivity contribution in [3.05, 3.63) is 40.4 Å². The molecule has 1 aromatic heterocycles. The van der Waals surface area contributed by atoms with Crippen LogP contribution < -0.4 is 0 Å². The van der Waals surface area contributed by atoms with E-state index in [-0.39, 0.29) is 17.2 Å². The summed E-state index contributed by atoms with van der Waals surface area (Å²) in [4.78, 5) is 4.77. The van der Waals surface area contributed by atoms with Gasteiger partial charge in [-0.15, -0.1) is 11.3 Å². The molecule has 0 aliphatic carbocycles. The number of halogens is 2. The number of thiazole rings is 1. The van der Waals surface area contributed by atoms with Crippen LogP contribution in [0.2, 0.25) is 0 Å². The minimum atomic E-state index is -0.641. The van der Waals surface area contributed by atoms with Gasteiger partial charge in [-0.1, -0.05) is 6.07 Å². The van der Waals surface area contributed by atoms with Crippen molar-refractivity contribution in [3.63, 3.8) is 0 Å². The van der Waals surface area contributed by atoms with Gasteiger partial charge >= 0.3 is 0 Å². The van der Waals surface area contributed by atoms with Crippen LogP contribution in [0.25, 0.3) is 10.6 Å². The second-order valence-electron chi connectivity index (χ2n) is 3.28. The summed E-state index contributed by atoms with van der Waals surface area (Å²) in [6.07, 6.45) is 0. The number of rotatable bonds is 2. The Labute approximate surface area is 95.2 Å². The zero-order chi connectivity index (χ0) is 11.7. The molecule has 0 saturated heterocycles. The highest BCUT2D eigenvalue weighted by atomic mass is 32.1. The molecule has 84 valence electrons. The Morgan fingerprint density at radius 1 is 1.31 bits per heavy atom. The summed E-state index contributed by atoms with van der Waals surface area (Å²) in [6.45, 7) is 1.53. The fourth-order valence-electron chi connectivity index (χ4n) is 1.38. The second kappa shape index (κ2) is 4.27. The van der Waals surface area contributed by atoms with E-state index in [0.29, 0.717) is 5.69 Å². The highest BCUT2D eigenvalue weighted by Crippen LogP contribution is 2.31. The van der Waals surface area contributed by atoms with Crippen molar-refractivity contribution in [1.29, 1.82) is 0 Å². The van der Waals surface area contributed by atoms with E-state index in [1.54, 1.807) is 6.92 Å². The summed E-state index contributed by atoms with van der Waals surface area (Å²) in [5.41, 5.74) is 0.331. The number of nitrogens with zero attached hydrogens (tertiary/aromatic N) is 1. The Morgan fingerprint density at radius 2 is 1.94 bits per heavy atom. The van der Waals surface area contributed by atoms with Crippen molar-refractivity contribution < 1.29 is 13.9 Å². The van der Waals surface area contributed by atoms with Gasteiger partial charge in [0, 0.05) is 4.88 Å². The molecule has 2 rings (SSSR count). The van der Waals surface area contributed by atoms with E-state index in [1.807, 2.05) is 0 Å². The molecule has 5 heteroatoms. The number of aliphatic hydroxyl groups is 1. The van der Waals surface area contributed by atoms with Crippen molar-refractivity contribution in [1.82, 2.24) is 4.98 Å². The van der Waals surface area contributed by atoms with Crippen molar-refractivity contribution in [3.8, 4) is 10.6 Å². The minimum Gasteiger partial charge on any atom is -0.390 e. The maximum Gasteiger partial charge on any atom is 0.136 e. The van der Waals surface area contributed by atoms with E-state index in [1.165, 1.54) is 29.5 Å². The van der Waals surface area contributed by atoms with Gasteiger partial charge in [-0.2, -0.15) is 0 Å². The van der Waals surface area contributed by atoms with Crippen LogP contribution >= 0.6 is 11.3 Å². The first-order chi connectivity index (χ1) is 7.63. The lowest BCUT2D eigenvalue weighted by Gasteiger charge is -1.99. The number of benzene rings is 1. The van der Waals surface area contributed by atoms with Crippen LogP contribution in [0.4, 0.5) is 8.78 Å². The van der Waals surface area contributed by atoms with Crippen molar-refractivity contribution in [2.24, 2.45) is 0 Å². The minimum absolute atomic E-state index is 0.129. The number of aliphatic hydroxyl groups excluding tert-OH is 1. The van der Waals surface area contributed by atoms with Gasteiger partial charge < -0.3 is 5.11 Å². The molecule has 0 fully saturated rings. The zero-order valence-electron chi connectivity index (χ0n) is 8.50. The highest BCUT2D eigenvalue weighted by molar-refractivity contribution is 7.15. The molecule has 0 spiro atoms. The lowest BCUT2D eigenvalue weighted by atomic mass is 10.2. The molecule has 1 N–H and O–H groups in total. The summed E-state index contributed by atoms with van der Waals surface area (Å²) < 4.78 is 26.9. The SMILES string of the molecule is Cc1sc(-c2c(F)cccc2F)nc1CO. The third-order valence-electron chi connectivity index (χ3n) is 2.22. The summed E-state index contributed by atoms with van der Waals surface area (Å²) in [6, 6.07) is 3.68. The number of hydrogen-bond acceptors (Lipinski definition) is 3. The third-order valence-corrected chi connectivity index (χ3v) is 3.25. The van der Waals surface area contributed by atoms with Crippen LogP contribution in [0.3, 0.4) is 0 Å². The van der Waals surface area contributed by atoms with Crippen molar-refractivity contribution in [2.45, 2.75) is 13.5 Å². The van der Waals surface area contributed by atoms with E-state index in [0.717, 1.165) is 4.88 Å². The summed E-state index contributed by atoms with van der Waals surface area (Å²) in [5.74, 6) is -1.28. The Hall–Kier alpha value is -1.33. The molecule has 0 aliphatic heterocycles. The molecule has 2 nitrogen and oxygen atoms in total. The average Bonchev–Trinajstić information content (AvgIpc) is 2.59. The lowest BCUT2D eigenvalue weighted by molar-refractivity contribution is 0.277. The van der Waals surface area contributed by atoms with E-state index in [4.69, 9.17) is 5.11 Å². The smallest absolute Gasteiger partial charge is 0.136 e. The lowest BCUT2D eigenvalue weighted by Crippen LogP contribution is -1.90. The first-order valence-corrected chi connectivity index (χ1v) is 5.46. The Bertz CT molecular complexity index is 504. The first kappa shape index (κ1) is 11.2. The van der Waals surface area contributed by atoms with Crippen LogP contribution in [0.15, 0.2) is 18.2 Å². The molecule has 0 amide bonds. The van der Waals surface area contributed by atoms with Crippen molar-refractivity contribution in [2.75, 3.05) is 0 Å². The van der Waals surface area contributed by atoms with Gasteiger partial charge in [0.15, 0.2) is 0 Å². The van der Waals surface area contributed by atoms with Crippen molar-refractivity contribution >= 4 is 11.3 Å². The average molecular weight is 241 g/mol. The van der Waals surface area contributed by atoms with Gasteiger partial charge in [0.1, 0.15) is 16.6 Å². The molecular weight excluding hydrogens is 232 g/mol. The van der Waals surface area contributed by atoms with Crippen LogP contribution in [-0.2, 0) is 6.61 Å². The molecule has 1 aromatic carbocycles. The van der Waals surface area contributed by atoms with E-state index in [9.17, 15) is 8.78 Å². The summed E-state index contributed by atoms with van der Waals surface area (Å²) in [7, 11) is 0. The molecule has 0 saturated carbocycles. The molecule has 2 aromatic rings. The predicted molar refractivity (Wildman–Crippen MR) is 58.1 cm³/mol. The zero-order valence-corrected chi connectivity index (χ0v) is 9.31. The van der Waals surface area contributed by atoms with Gasteiger partial charge in [0.05, 0.1) is 17.9 Å². The highest BCUT2D eigenvalue weighted by Gasteiger charge is 2.16. The first-order valence-electron chi connectivity index (χ1n) is 4.65. The molecule has 0 radical (unpaired) electrons. The molecular formula is C11H9F2NOS. The monoisotopic (exact) mass is 241 g/mol. The molecule has 0 atom stereocenters. The number of hydrogen-bond donors (Lipinski definition) is 1. The van der Waals surface area contributed by atoms with Gasteiger partial charge in [0.2, 0.25) is 0 Å². The van der Waals surface area contributed by atoms with Gasteiger partial charge in [-0.3, -0.25) is 0 Å². The van der Waals surface area contributed by atoms with Crippen LogP contribution in [0.5, 0.6) is 0 Å². The Morgan fingerprint density at radius 3 is 2.44 bits per heavy atom. The quantitative estimate of drug-likeness (QED) is 0.877. The van der Waals surface area contributed by atoms with E-state index >= 15 is 0 Å². The van der Waals surface area contributed by atoms with Crippen LogP contribution in [-0.4, -0.2) is 10.1 Å². The van der Waals surface area contributed by atoms with Crippen LogP contribution in [0, 0.1) is 18.6 Å². The molecule has 0 unspecified atom stereocenters. The normalized spacial score (nSPS) is 10.8. The predicted octanol–water partition coefficient (Wildman–Crippen LogP) is 2.89. The van der Waals surface area contributed by atoms with Gasteiger partial charge in [0.25, 0.3) is 0 Å². The fraction of sp³-hybridized carbons (Fsp3) is 0.182. The summed E-state index contributed by atoms with van der Waals surface area (Å²) in [5, 5.41) is 9.24. The maximum absolute atomic E-state index is 13.4. The summed E-state index contributed by atoms with van der Waals surface area (Å²) >= 11 is 1.17. The number of aromatic nitrogens is 1. The van der Waals surface area contributed by atoms with Crippen LogP contribution in [0.1, 0.15) is 10.6 Å². The molecule has 1 heterocycles. The molecule has 0 aliphatic rings. The topological polar surface area (TPSA) is 33.1 Å². The largest absolute Gasteiger partial charge is 0.390 e. The number of aryl methyl sites for hydroxylation is 1. The maximum atomic E-state index is 13.4. The Kier molecular flexibility index (Phi) is 2.98. The fourth-order valence-corrected chi connectivity index (χ4v) is 2.35. The third kappa shape index (κ3) is 1.83.